The number of nitrogens with one attached hydrogen (secondary N) is 1. The van der Waals surface area contributed by atoms with E-state index in [0.717, 1.165) is 38.4 Å². The molecule has 104 valence electrons. The number of aryl methyl sites for hydroxylation is 3. The van der Waals surface area contributed by atoms with E-state index in [1.54, 1.807) is 0 Å². The summed E-state index contributed by atoms with van der Waals surface area (Å²) in [5, 5.41) is 3.36. The molecule has 0 saturated heterocycles. The third-order valence-electron chi connectivity index (χ3n) is 2.99. The SMILES string of the molecule is Cc1cc(C(N)=S)cc(Nc2c(C)cc(Br)cc2C)n1. The third kappa shape index (κ3) is 3.35. The molecule has 0 fully saturated rings. The van der Waals surface area contributed by atoms with Gasteiger partial charge < -0.3 is 11.1 Å². The Bertz CT molecular complexity index is 660. The molecule has 0 aliphatic rings. The number of thiocarbonyl (C=S) groups is 1. The van der Waals surface area contributed by atoms with Gasteiger partial charge in [0, 0.05) is 21.4 Å². The van der Waals surface area contributed by atoms with Crippen LogP contribution in [-0.2, 0) is 0 Å². The highest BCUT2D eigenvalue weighted by Crippen LogP contribution is 2.27. The van der Waals surface area contributed by atoms with Gasteiger partial charge in [0.1, 0.15) is 10.8 Å². The Balaban J connectivity index is 2.42. The average molecular weight is 350 g/mol. The van der Waals surface area contributed by atoms with Gasteiger partial charge in [-0.25, -0.2) is 4.98 Å². The standard InChI is InChI=1S/C15H16BrN3S/c1-8-4-12(16)5-9(2)14(8)19-13-7-11(15(17)20)6-10(3)18-13/h4-7H,1-3H3,(H2,17,20)(H,18,19). The fraction of sp³-hybridized carbons (Fsp3) is 0.200. The van der Waals surface area contributed by atoms with Crippen LogP contribution in [0.3, 0.4) is 0 Å². The first kappa shape index (κ1) is 14.9. The van der Waals surface area contributed by atoms with E-state index in [4.69, 9.17) is 18.0 Å². The monoisotopic (exact) mass is 349 g/mol. The Labute approximate surface area is 132 Å². The van der Waals surface area contributed by atoms with Crippen molar-refractivity contribution in [2.45, 2.75) is 20.8 Å². The molecule has 5 heteroatoms. The normalized spacial score (nSPS) is 10.4. The molecule has 0 unspecified atom stereocenters. The van der Waals surface area contributed by atoms with Gasteiger partial charge in [0.25, 0.3) is 0 Å². The Hall–Kier alpha value is -1.46. The second-order valence-corrected chi connectivity index (χ2v) is 6.14. The summed E-state index contributed by atoms with van der Waals surface area (Å²) >= 11 is 8.53. The summed E-state index contributed by atoms with van der Waals surface area (Å²) in [4.78, 5) is 4.86. The van der Waals surface area contributed by atoms with Crippen LogP contribution in [0, 0.1) is 20.8 Å². The zero-order valence-electron chi connectivity index (χ0n) is 11.6. The minimum atomic E-state index is 0.378. The topological polar surface area (TPSA) is 50.9 Å². The van der Waals surface area contributed by atoms with Crippen LogP contribution in [0.5, 0.6) is 0 Å². The molecule has 0 atom stereocenters. The van der Waals surface area contributed by atoms with E-state index in [1.807, 2.05) is 19.1 Å². The lowest BCUT2D eigenvalue weighted by atomic mass is 10.1. The number of hydrogen-bond acceptors (Lipinski definition) is 3. The number of nitrogens with two attached hydrogens (primary N) is 1. The first-order chi connectivity index (χ1) is 9.36. The van der Waals surface area contributed by atoms with Crippen LogP contribution in [0.25, 0.3) is 0 Å². The summed E-state index contributed by atoms with van der Waals surface area (Å²) in [6, 6.07) is 7.89. The number of halogens is 1. The van der Waals surface area contributed by atoms with Crippen LogP contribution in [0.1, 0.15) is 22.4 Å². The van der Waals surface area contributed by atoms with Crippen molar-refractivity contribution in [1.29, 1.82) is 0 Å². The minimum Gasteiger partial charge on any atom is -0.389 e. The van der Waals surface area contributed by atoms with Gasteiger partial charge in [-0.05, 0) is 56.2 Å². The predicted octanol–water partition coefficient (Wildman–Crippen LogP) is 4.15. The Kier molecular flexibility index (Phi) is 4.40. The largest absolute Gasteiger partial charge is 0.389 e. The molecule has 0 amide bonds. The third-order valence-corrected chi connectivity index (χ3v) is 3.68. The maximum atomic E-state index is 5.69. The summed E-state index contributed by atoms with van der Waals surface area (Å²) in [5.74, 6) is 0.751. The highest BCUT2D eigenvalue weighted by atomic mass is 79.9. The van der Waals surface area contributed by atoms with E-state index < -0.39 is 0 Å². The highest BCUT2D eigenvalue weighted by Gasteiger charge is 2.07. The Morgan fingerprint density at radius 2 is 1.75 bits per heavy atom. The van der Waals surface area contributed by atoms with Crippen molar-refractivity contribution in [3.05, 3.63) is 51.1 Å². The second kappa shape index (κ2) is 5.89. The van der Waals surface area contributed by atoms with E-state index in [9.17, 15) is 0 Å². The quantitative estimate of drug-likeness (QED) is 0.817. The van der Waals surface area contributed by atoms with Crippen molar-refractivity contribution in [3.8, 4) is 0 Å². The predicted molar refractivity (Wildman–Crippen MR) is 91.8 cm³/mol. The molecule has 20 heavy (non-hydrogen) atoms. The second-order valence-electron chi connectivity index (χ2n) is 4.79. The summed E-state index contributed by atoms with van der Waals surface area (Å²) in [6.45, 7) is 6.04. The van der Waals surface area contributed by atoms with Crippen LogP contribution >= 0.6 is 28.1 Å². The van der Waals surface area contributed by atoms with Gasteiger partial charge in [-0.2, -0.15) is 0 Å². The molecule has 0 spiro atoms. The molecule has 0 aliphatic carbocycles. The number of anilines is 2. The van der Waals surface area contributed by atoms with Crippen molar-refractivity contribution in [2.24, 2.45) is 5.73 Å². The van der Waals surface area contributed by atoms with Gasteiger partial charge in [0.05, 0.1) is 0 Å². The first-order valence-electron chi connectivity index (χ1n) is 6.19. The lowest BCUT2D eigenvalue weighted by Gasteiger charge is -2.14. The van der Waals surface area contributed by atoms with Gasteiger partial charge in [-0.3, -0.25) is 0 Å². The molecule has 0 saturated carbocycles. The van der Waals surface area contributed by atoms with E-state index in [0.29, 0.717) is 4.99 Å². The lowest BCUT2D eigenvalue weighted by Crippen LogP contribution is -2.11. The number of aromatic nitrogens is 1. The summed E-state index contributed by atoms with van der Waals surface area (Å²) in [7, 11) is 0. The zero-order chi connectivity index (χ0) is 14.9. The molecule has 0 radical (unpaired) electrons. The van der Waals surface area contributed by atoms with Crippen molar-refractivity contribution in [2.75, 3.05) is 5.32 Å². The summed E-state index contributed by atoms with van der Waals surface area (Å²) in [6.07, 6.45) is 0. The number of rotatable bonds is 3. The van der Waals surface area contributed by atoms with E-state index >= 15 is 0 Å². The van der Waals surface area contributed by atoms with Gasteiger partial charge in [0.15, 0.2) is 0 Å². The van der Waals surface area contributed by atoms with Gasteiger partial charge in [-0.15, -0.1) is 0 Å². The molecular formula is C15H16BrN3S. The molecule has 2 aromatic rings. The molecule has 2 rings (SSSR count). The van der Waals surface area contributed by atoms with Gasteiger partial charge in [-0.1, -0.05) is 28.1 Å². The van der Waals surface area contributed by atoms with Crippen LogP contribution in [-0.4, -0.2) is 9.97 Å². The van der Waals surface area contributed by atoms with Crippen molar-refractivity contribution in [3.63, 3.8) is 0 Å². The Morgan fingerprint density at radius 1 is 1.15 bits per heavy atom. The summed E-state index contributed by atoms with van der Waals surface area (Å²) < 4.78 is 1.07. The van der Waals surface area contributed by atoms with Crippen LogP contribution < -0.4 is 11.1 Å². The van der Waals surface area contributed by atoms with Gasteiger partial charge in [0.2, 0.25) is 0 Å². The molecule has 0 aliphatic heterocycles. The zero-order valence-corrected chi connectivity index (χ0v) is 14.0. The van der Waals surface area contributed by atoms with Gasteiger partial charge >= 0.3 is 0 Å². The van der Waals surface area contributed by atoms with Crippen LogP contribution in [0.2, 0.25) is 0 Å². The Morgan fingerprint density at radius 3 is 2.30 bits per heavy atom. The van der Waals surface area contributed by atoms with Crippen molar-refractivity contribution >= 4 is 44.6 Å². The van der Waals surface area contributed by atoms with E-state index in [2.05, 4.69) is 52.2 Å². The van der Waals surface area contributed by atoms with Crippen molar-refractivity contribution < 1.29 is 0 Å². The first-order valence-corrected chi connectivity index (χ1v) is 7.39. The number of hydrogen-bond donors (Lipinski definition) is 2. The number of benzene rings is 1. The van der Waals surface area contributed by atoms with Crippen LogP contribution in [0.4, 0.5) is 11.5 Å². The lowest BCUT2D eigenvalue weighted by molar-refractivity contribution is 1.18. The maximum absolute atomic E-state index is 5.69. The highest BCUT2D eigenvalue weighted by molar-refractivity contribution is 9.10. The molecule has 3 N–H and O–H groups in total. The maximum Gasteiger partial charge on any atom is 0.131 e. The molecule has 3 nitrogen and oxygen atoms in total. The number of nitrogens with zero attached hydrogens (tertiary/aromatic N) is 1. The van der Waals surface area contributed by atoms with Crippen LogP contribution in [0.15, 0.2) is 28.7 Å². The van der Waals surface area contributed by atoms with E-state index in [1.165, 1.54) is 0 Å². The van der Waals surface area contributed by atoms with Crippen molar-refractivity contribution in [1.82, 2.24) is 4.98 Å². The molecule has 1 heterocycles. The minimum absolute atomic E-state index is 0.378. The fourth-order valence-corrected chi connectivity index (χ4v) is 2.92. The molecule has 1 aromatic heterocycles. The fourth-order valence-electron chi connectivity index (χ4n) is 2.11. The molecule has 0 bridgehead atoms. The molecular weight excluding hydrogens is 334 g/mol. The number of pyridine rings is 1. The smallest absolute Gasteiger partial charge is 0.131 e. The average Bonchev–Trinajstić information content (AvgIpc) is 2.33. The van der Waals surface area contributed by atoms with E-state index in [-0.39, 0.29) is 0 Å². The summed E-state index contributed by atoms with van der Waals surface area (Å²) in [5.41, 5.74) is 10.8. The molecule has 1 aromatic carbocycles.